The molecule has 1 aliphatic carbocycles. The minimum absolute atomic E-state index is 0.0911. The van der Waals surface area contributed by atoms with Gasteiger partial charge in [-0.25, -0.2) is 0 Å². The van der Waals surface area contributed by atoms with Crippen LogP contribution in [-0.2, 0) is 14.4 Å². The number of amides is 3. The van der Waals surface area contributed by atoms with Gasteiger partial charge in [0, 0.05) is 19.7 Å². The third kappa shape index (κ3) is 4.13. The summed E-state index contributed by atoms with van der Waals surface area (Å²) in [5.74, 6) is -0.675. The average Bonchev–Trinajstić information content (AvgIpc) is 2.60. The lowest BCUT2D eigenvalue weighted by Crippen LogP contribution is -2.59. The van der Waals surface area contributed by atoms with Crippen LogP contribution in [0.15, 0.2) is 30.3 Å². The Bertz CT molecular complexity index is 595. The second-order valence-electron chi connectivity index (χ2n) is 6.27. The fourth-order valence-electron chi connectivity index (χ4n) is 3.18. The molecule has 24 heavy (non-hydrogen) atoms. The lowest BCUT2D eigenvalue weighted by atomic mass is 9.79. The maximum Gasteiger partial charge on any atom is 0.250 e. The summed E-state index contributed by atoms with van der Waals surface area (Å²) >= 11 is 0. The molecule has 2 N–H and O–H groups in total. The molecule has 1 aliphatic rings. The maximum atomic E-state index is 13.0. The molecular formula is C18H25N3O3. The summed E-state index contributed by atoms with van der Waals surface area (Å²) in [6, 6.07) is 9.25. The topological polar surface area (TPSA) is 78.5 Å². The van der Waals surface area contributed by atoms with E-state index in [-0.39, 0.29) is 24.3 Å². The van der Waals surface area contributed by atoms with Gasteiger partial charge in [-0.05, 0) is 25.0 Å². The first-order valence-corrected chi connectivity index (χ1v) is 8.33. The van der Waals surface area contributed by atoms with Crippen LogP contribution >= 0.6 is 0 Å². The molecule has 0 unspecified atom stereocenters. The lowest BCUT2D eigenvalue weighted by molar-refractivity contribution is -0.145. The van der Waals surface area contributed by atoms with E-state index in [1.165, 1.54) is 11.8 Å². The van der Waals surface area contributed by atoms with E-state index in [0.717, 1.165) is 24.9 Å². The van der Waals surface area contributed by atoms with Crippen molar-refractivity contribution >= 4 is 23.4 Å². The quantitative estimate of drug-likeness (QED) is 0.865. The molecule has 0 atom stereocenters. The Kier molecular flexibility index (Phi) is 5.95. The average molecular weight is 331 g/mol. The fourth-order valence-corrected chi connectivity index (χ4v) is 3.18. The van der Waals surface area contributed by atoms with Crippen LogP contribution < -0.4 is 10.6 Å². The summed E-state index contributed by atoms with van der Waals surface area (Å²) < 4.78 is 0. The van der Waals surface area contributed by atoms with E-state index in [4.69, 9.17) is 0 Å². The van der Waals surface area contributed by atoms with Gasteiger partial charge in [-0.2, -0.15) is 0 Å². The van der Waals surface area contributed by atoms with Crippen LogP contribution in [0.3, 0.4) is 0 Å². The minimum atomic E-state index is -0.857. The number of anilines is 1. The van der Waals surface area contributed by atoms with Crippen molar-refractivity contribution < 1.29 is 14.4 Å². The van der Waals surface area contributed by atoms with Gasteiger partial charge in [-0.15, -0.1) is 0 Å². The Labute approximate surface area is 142 Å². The number of rotatable bonds is 5. The molecule has 0 saturated heterocycles. The van der Waals surface area contributed by atoms with Crippen molar-refractivity contribution in [2.75, 3.05) is 18.9 Å². The van der Waals surface area contributed by atoms with Gasteiger partial charge in [0.15, 0.2) is 0 Å². The second kappa shape index (κ2) is 7.95. The normalized spacial score (nSPS) is 16.1. The van der Waals surface area contributed by atoms with Gasteiger partial charge < -0.3 is 15.5 Å². The number of nitrogens with zero attached hydrogens (tertiary/aromatic N) is 1. The molecule has 130 valence electrons. The zero-order valence-electron chi connectivity index (χ0n) is 14.3. The number of likely N-dealkylation sites (N-methyl/N-ethyl adjacent to an activating group) is 1. The number of carbonyl (C=O) groups is 3. The van der Waals surface area contributed by atoms with Crippen molar-refractivity contribution in [3.8, 4) is 0 Å². The van der Waals surface area contributed by atoms with Crippen LogP contribution in [0, 0.1) is 0 Å². The van der Waals surface area contributed by atoms with Gasteiger partial charge >= 0.3 is 0 Å². The van der Waals surface area contributed by atoms with Crippen molar-refractivity contribution in [1.29, 1.82) is 0 Å². The smallest absolute Gasteiger partial charge is 0.250 e. The highest BCUT2D eigenvalue weighted by Gasteiger charge is 2.45. The zero-order valence-corrected chi connectivity index (χ0v) is 14.3. The Morgan fingerprint density at radius 2 is 1.71 bits per heavy atom. The third-order valence-electron chi connectivity index (χ3n) is 4.64. The maximum absolute atomic E-state index is 13.0. The first-order valence-electron chi connectivity index (χ1n) is 8.33. The monoisotopic (exact) mass is 331 g/mol. The number of carbonyl (C=O) groups excluding carboxylic acids is 3. The molecule has 1 saturated carbocycles. The van der Waals surface area contributed by atoms with Gasteiger partial charge in [-0.3, -0.25) is 14.4 Å². The largest absolute Gasteiger partial charge is 0.347 e. The summed E-state index contributed by atoms with van der Waals surface area (Å²) in [4.78, 5) is 38.0. The molecule has 6 nitrogen and oxygen atoms in total. The van der Waals surface area contributed by atoms with E-state index in [2.05, 4.69) is 10.6 Å². The molecule has 0 aliphatic heterocycles. The molecule has 1 fully saturated rings. The molecule has 1 aromatic carbocycles. The van der Waals surface area contributed by atoms with Crippen molar-refractivity contribution in [3.63, 3.8) is 0 Å². The summed E-state index contributed by atoms with van der Waals surface area (Å²) in [6.07, 6.45) is 4.13. The minimum Gasteiger partial charge on any atom is -0.347 e. The van der Waals surface area contributed by atoms with Crippen LogP contribution in [0.4, 0.5) is 5.69 Å². The van der Waals surface area contributed by atoms with E-state index >= 15 is 0 Å². The fraction of sp³-hybridized carbons (Fsp3) is 0.500. The molecule has 1 aromatic rings. The van der Waals surface area contributed by atoms with E-state index < -0.39 is 5.54 Å². The van der Waals surface area contributed by atoms with Crippen LogP contribution in [-0.4, -0.2) is 41.8 Å². The van der Waals surface area contributed by atoms with E-state index in [0.29, 0.717) is 12.8 Å². The molecule has 0 spiro atoms. The van der Waals surface area contributed by atoms with Gasteiger partial charge in [0.05, 0.1) is 6.54 Å². The number of nitrogens with one attached hydrogen (secondary N) is 2. The highest BCUT2D eigenvalue weighted by molar-refractivity contribution is 6.01. The predicted molar refractivity (Wildman–Crippen MR) is 92.3 cm³/mol. The number of hydrogen-bond acceptors (Lipinski definition) is 3. The molecule has 0 radical (unpaired) electrons. The van der Waals surface area contributed by atoms with Crippen LogP contribution in [0.5, 0.6) is 0 Å². The molecule has 0 heterocycles. The molecule has 6 heteroatoms. The van der Waals surface area contributed by atoms with E-state index in [1.54, 1.807) is 7.05 Å². The number of para-hydroxylation sites is 1. The van der Waals surface area contributed by atoms with Crippen molar-refractivity contribution in [1.82, 2.24) is 10.2 Å². The van der Waals surface area contributed by atoms with Gasteiger partial charge in [0.1, 0.15) is 5.54 Å². The van der Waals surface area contributed by atoms with Crippen LogP contribution in [0.25, 0.3) is 0 Å². The summed E-state index contributed by atoms with van der Waals surface area (Å²) in [6.45, 7) is 1.28. The Hall–Kier alpha value is -2.37. The highest BCUT2D eigenvalue weighted by Crippen LogP contribution is 2.34. The second-order valence-corrected chi connectivity index (χ2v) is 6.27. The van der Waals surface area contributed by atoms with Crippen molar-refractivity contribution in [2.45, 2.75) is 44.6 Å². The van der Waals surface area contributed by atoms with Crippen LogP contribution in [0.1, 0.15) is 39.0 Å². The van der Waals surface area contributed by atoms with Crippen molar-refractivity contribution in [3.05, 3.63) is 30.3 Å². The summed E-state index contributed by atoms with van der Waals surface area (Å²) in [5.41, 5.74) is -0.140. The number of benzene rings is 1. The predicted octanol–water partition coefficient (Wildman–Crippen LogP) is 1.92. The molecular weight excluding hydrogens is 306 g/mol. The van der Waals surface area contributed by atoms with Gasteiger partial charge in [-0.1, -0.05) is 37.5 Å². The molecule has 2 rings (SSSR count). The molecule has 0 aromatic heterocycles. The van der Waals surface area contributed by atoms with E-state index in [9.17, 15) is 14.4 Å². The van der Waals surface area contributed by atoms with Crippen molar-refractivity contribution in [2.24, 2.45) is 0 Å². The Morgan fingerprint density at radius 1 is 1.08 bits per heavy atom. The summed E-state index contributed by atoms with van der Waals surface area (Å²) in [5, 5.41) is 5.44. The SMILES string of the molecule is CC(=O)NCC(=O)N(C)C1(C(=O)Nc2ccccc2)CCCCC1. The summed E-state index contributed by atoms with van der Waals surface area (Å²) in [7, 11) is 1.65. The molecule has 0 bridgehead atoms. The zero-order chi connectivity index (χ0) is 17.6. The number of hydrogen-bond donors (Lipinski definition) is 2. The highest BCUT2D eigenvalue weighted by atomic mass is 16.2. The van der Waals surface area contributed by atoms with Crippen LogP contribution in [0.2, 0.25) is 0 Å². The Balaban J connectivity index is 2.17. The van der Waals surface area contributed by atoms with E-state index in [1.807, 2.05) is 30.3 Å². The van der Waals surface area contributed by atoms with Gasteiger partial charge in [0.2, 0.25) is 17.7 Å². The first-order chi connectivity index (χ1) is 11.5. The first kappa shape index (κ1) is 18.0. The van der Waals surface area contributed by atoms with Gasteiger partial charge in [0.25, 0.3) is 0 Å². The Morgan fingerprint density at radius 3 is 2.29 bits per heavy atom. The molecule has 3 amide bonds. The third-order valence-corrected chi connectivity index (χ3v) is 4.64. The standard InChI is InChI=1S/C18H25N3O3/c1-14(22)19-13-16(23)21(2)18(11-7-4-8-12-18)17(24)20-15-9-5-3-6-10-15/h3,5-6,9-10H,4,7-8,11-13H2,1-2H3,(H,19,22)(H,20,24). The lowest BCUT2D eigenvalue weighted by Gasteiger charge is -2.43.